The van der Waals surface area contributed by atoms with E-state index in [-0.39, 0.29) is 5.88 Å². The van der Waals surface area contributed by atoms with Crippen molar-refractivity contribution >= 4 is 43.2 Å². The third-order valence-corrected chi connectivity index (χ3v) is 12.3. The molecule has 52 heavy (non-hydrogen) atoms. The summed E-state index contributed by atoms with van der Waals surface area (Å²) in [5, 5.41) is 8.04. The third kappa shape index (κ3) is 8.95. The minimum atomic E-state index is -4.76. The van der Waals surface area contributed by atoms with Gasteiger partial charge in [-0.15, -0.1) is 0 Å². The van der Waals surface area contributed by atoms with Crippen molar-refractivity contribution in [2.45, 2.75) is 72.9 Å². The van der Waals surface area contributed by atoms with Gasteiger partial charge in [0.1, 0.15) is 54.1 Å². The second kappa shape index (κ2) is 15.4. The van der Waals surface area contributed by atoms with Crippen molar-refractivity contribution in [1.29, 1.82) is 0 Å². The molecule has 2 amide bonds. The van der Waals surface area contributed by atoms with E-state index in [1.165, 1.54) is 6.07 Å². The number of amides is 2. The normalized spacial score (nSPS) is 12.5. The van der Waals surface area contributed by atoms with E-state index in [2.05, 4.69) is 15.5 Å². The first-order valence-electron chi connectivity index (χ1n) is 14.9. The van der Waals surface area contributed by atoms with Crippen LogP contribution in [0.15, 0.2) is 75.0 Å². The van der Waals surface area contributed by atoms with Crippen LogP contribution in [0.3, 0.4) is 0 Å². The van der Waals surface area contributed by atoms with Gasteiger partial charge in [0.25, 0.3) is 0 Å². The molecule has 0 fully saturated rings. The Morgan fingerprint density at radius 3 is 1.65 bits per heavy atom. The van der Waals surface area contributed by atoms with Crippen LogP contribution in [0.4, 0.5) is 42.4 Å². The van der Waals surface area contributed by atoms with Crippen LogP contribution in [-0.4, -0.2) is 48.3 Å². The number of halogens is 7. The van der Waals surface area contributed by atoms with Crippen molar-refractivity contribution in [1.82, 2.24) is 10.1 Å². The molecule has 0 spiro atoms. The number of aryl methyl sites for hydroxylation is 1. The Bertz CT molecular complexity index is 2190. The van der Waals surface area contributed by atoms with Gasteiger partial charge in [-0.05, 0) is 70.5 Å². The van der Waals surface area contributed by atoms with Gasteiger partial charge in [-0.2, -0.15) is 13.2 Å². The van der Waals surface area contributed by atoms with E-state index in [0.29, 0.717) is 42.4 Å². The monoisotopic (exact) mass is 780 g/mol. The number of benzene rings is 2. The van der Waals surface area contributed by atoms with Crippen molar-refractivity contribution in [3.05, 3.63) is 95.3 Å². The molecule has 20 heteroatoms. The fraction of sp³-hybridized carbons (Fsp3) is 0.312. The minimum absolute atomic E-state index is 0.00342. The Morgan fingerprint density at radius 1 is 0.731 bits per heavy atom. The minimum Gasteiger partial charge on any atom is -0.338 e. The van der Waals surface area contributed by atoms with Gasteiger partial charge in [0, 0.05) is 18.2 Å². The van der Waals surface area contributed by atoms with Gasteiger partial charge in [-0.1, -0.05) is 24.6 Å². The van der Waals surface area contributed by atoms with Crippen molar-refractivity contribution < 1.29 is 61.7 Å². The van der Waals surface area contributed by atoms with E-state index in [0.717, 1.165) is 58.4 Å². The van der Waals surface area contributed by atoms with Crippen LogP contribution in [-0.2, 0) is 41.9 Å². The van der Waals surface area contributed by atoms with Crippen molar-refractivity contribution in [3.63, 3.8) is 0 Å². The molecule has 0 unspecified atom stereocenters. The molecule has 0 radical (unpaired) electrons. The molecule has 11 nitrogen and oxygen atoms in total. The fourth-order valence-corrected chi connectivity index (χ4v) is 6.93. The Balaban J connectivity index is 0.000000281. The summed E-state index contributed by atoms with van der Waals surface area (Å²) in [6.07, 6.45) is -3.30. The highest BCUT2D eigenvalue weighted by Crippen LogP contribution is 2.32. The lowest BCUT2D eigenvalue weighted by atomic mass is 10.2. The number of nitrogens with one attached hydrogen (secondary N) is 2. The highest BCUT2D eigenvalue weighted by Gasteiger charge is 2.46. The number of hydrogen-bond acceptors (Lipinski definition) is 9. The number of aromatic nitrogens is 2. The van der Waals surface area contributed by atoms with Crippen LogP contribution >= 0.6 is 0 Å². The molecule has 0 saturated heterocycles. The summed E-state index contributed by atoms with van der Waals surface area (Å²) in [5.41, 5.74) is -0.673. The number of pyridine rings is 1. The molecule has 0 aliphatic heterocycles. The highest BCUT2D eigenvalue weighted by molar-refractivity contribution is 7.94. The molecule has 2 aromatic heterocycles. The Hall–Kier alpha value is -4.85. The van der Waals surface area contributed by atoms with Gasteiger partial charge < -0.3 is 9.84 Å². The fourth-order valence-electron chi connectivity index (χ4n) is 4.12. The Kier molecular flexibility index (Phi) is 12.3. The standard InChI is InChI=1S/C16H13F5N2O3S.C16H18F2N2O4S/c1-15(2,27(25,26)11-7-6-9(17)8-10(11)18)14(24)23-13-5-3-4-12(22-13)16(19,20)21;1-4-5-11-9-14(24-20-11)19-15(21)16(2,3)25(22,23)13-7-6-10(17)8-12(13)18/h3-8H,1-2H3,(H,22,23,24);6-9H,4-5H2,1-3H3,(H,19,21). The number of carbonyl (C=O) groups excluding carboxylic acids is 2. The molecule has 0 aliphatic carbocycles. The lowest BCUT2D eigenvalue weighted by Gasteiger charge is -2.24. The smallest absolute Gasteiger partial charge is 0.338 e. The summed E-state index contributed by atoms with van der Waals surface area (Å²) in [6.45, 7) is 6.08. The summed E-state index contributed by atoms with van der Waals surface area (Å²) in [7, 11) is -9.07. The molecule has 0 saturated carbocycles. The van der Waals surface area contributed by atoms with E-state index >= 15 is 0 Å². The molecule has 2 N–H and O–H groups in total. The quantitative estimate of drug-likeness (QED) is 0.132. The van der Waals surface area contributed by atoms with Crippen LogP contribution in [0.1, 0.15) is 52.4 Å². The zero-order valence-electron chi connectivity index (χ0n) is 27.9. The van der Waals surface area contributed by atoms with Gasteiger partial charge in [-0.3, -0.25) is 14.9 Å². The molecule has 0 aliphatic rings. The van der Waals surface area contributed by atoms with Gasteiger partial charge in [-0.25, -0.2) is 39.4 Å². The van der Waals surface area contributed by atoms with E-state index < -0.39 is 91.7 Å². The van der Waals surface area contributed by atoms with E-state index in [4.69, 9.17) is 4.52 Å². The summed E-state index contributed by atoms with van der Waals surface area (Å²) in [6, 6.07) is 7.95. The summed E-state index contributed by atoms with van der Waals surface area (Å²) >= 11 is 0. The van der Waals surface area contributed by atoms with Crippen LogP contribution in [0.5, 0.6) is 0 Å². The number of sulfone groups is 2. The van der Waals surface area contributed by atoms with Crippen molar-refractivity contribution in [2.24, 2.45) is 0 Å². The van der Waals surface area contributed by atoms with E-state index in [1.54, 1.807) is 0 Å². The zero-order valence-corrected chi connectivity index (χ0v) is 29.5. The molecular weight excluding hydrogens is 749 g/mol. The number of rotatable bonds is 10. The molecular formula is C32H31F7N4O7S2. The van der Waals surface area contributed by atoms with Gasteiger partial charge in [0.15, 0.2) is 19.7 Å². The maximum Gasteiger partial charge on any atom is 0.433 e. The largest absolute Gasteiger partial charge is 0.433 e. The summed E-state index contributed by atoms with van der Waals surface area (Å²) in [4.78, 5) is 26.3. The molecule has 0 bridgehead atoms. The molecule has 2 heterocycles. The Morgan fingerprint density at radius 2 is 1.21 bits per heavy atom. The first-order chi connectivity index (χ1) is 23.9. The second-order valence-electron chi connectivity index (χ2n) is 11.9. The highest BCUT2D eigenvalue weighted by atomic mass is 32.2. The van der Waals surface area contributed by atoms with Crippen LogP contribution in [0.25, 0.3) is 0 Å². The van der Waals surface area contributed by atoms with Gasteiger partial charge in [0.2, 0.25) is 17.7 Å². The SMILES string of the molecule is CC(C)(C(=O)Nc1cccc(C(F)(F)F)n1)S(=O)(=O)c1ccc(F)cc1F.CCCc1cc(NC(=O)C(C)(C)S(=O)(=O)c2ccc(F)cc2F)on1. The number of carbonyl (C=O) groups is 2. The summed E-state index contributed by atoms with van der Waals surface area (Å²) in [5.74, 6) is -7.27. The lowest BCUT2D eigenvalue weighted by molar-refractivity contribution is -0.141. The summed E-state index contributed by atoms with van der Waals surface area (Å²) < 4.78 is 143. The van der Waals surface area contributed by atoms with Crippen LogP contribution in [0, 0.1) is 23.3 Å². The molecule has 4 aromatic rings. The zero-order chi connectivity index (χ0) is 39.4. The van der Waals surface area contributed by atoms with Crippen LogP contribution < -0.4 is 10.6 Å². The number of hydrogen-bond donors (Lipinski definition) is 2. The van der Waals surface area contributed by atoms with Gasteiger partial charge in [0.05, 0.1) is 5.69 Å². The molecule has 4 rings (SSSR count). The second-order valence-corrected chi connectivity index (χ2v) is 16.9. The molecule has 0 atom stereocenters. The average Bonchev–Trinajstić information content (AvgIpc) is 3.47. The molecule has 282 valence electrons. The van der Waals surface area contributed by atoms with Crippen LogP contribution in [0.2, 0.25) is 0 Å². The Labute approximate surface area is 293 Å². The number of alkyl halides is 3. The lowest BCUT2D eigenvalue weighted by Crippen LogP contribution is -2.45. The van der Waals surface area contributed by atoms with E-state index in [9.17, 15) is 57.2 Å². The maximum absolute atomic E-state index is 13.9. The van der Waals surface area contributed by atoms with Crippen molar-refractivity contribution in [3.8, 4) is 0 Å². The predicted octanol–water partition coefficient (Wildman–Crippen LogP) is 6.67. The predicted molar refractivity (Wildman–Crippen MR) is 172 cm³/mol. The first-order valence-corrected chi connectivity index (χ1v) is 17.8. The van der Waals surface area contributed by atoms with Crippen molar-refractivity contribution in [2.75, 3.05) is 10.6 Å². The average molecular weight is 781 g/mol. The maximum atomic E-state index is 13.9. The first kappa shape index (κ1) is 41.6. The van der Waals surface area contributed by atoms with E-state index in [1.807, 2.05) is 12.2 Å². The topological polar surface area (TPSA) is 165 Å². The third-order valence-electron chi connectivity index (χ3n) is 7.39. The van der Waals surface area contributed by atoms with Gasteiger partial charge >= 0.3 is 6.18 Å². The molecule has 2 aromatic carbocycles. The number of nitrogens with zero attached hydrogens (tertiary/aromatic N) is 2. The number of anilines is 2.